The van der Waals surface area contributed by atoms with Crippen LogP contribution in [0.1, 0.15) is 5.56 Å². The zero-order valence-electron chi connectivity index (χ0n) is 15.6. The number of hydrogen-bond acceptors (Lipinski definition) is 5. The summed E-state index contributed by atoms with van der Waals surface area (Å²) in [6, 6.07) is 23.1. The van der Waals surface area contributed by atoms with Crippen LogP contribution < -0.4 is 9.75 Å². The minimum atomic E-state index is 0. The van der Waals surface area contributed by atoms with Crippen LogP contribution in [0.15, 0.2) is 84.2 Å². The normalized spacial score (nSPS) is 10.7. The van der Waals surface area contributed by atoms with E-state index in [0.717, 1.165) is 27.9 Å². The number of anilines is 2. The molecule has 0 fully saturated rings. The summed E-state index contributed by atoms with van der Waals surface area (Å²) in [7, 11) is 1.64. The Morgan fingerprint density at radius 3 is 2.45 bits per heavy atom. The molecule has 0 amide bonds. The highest BCUT2D eigenvalue weighted by atomic mass is 35.5. The molecule has 4 rings (SSSR count). The Morgan fingerprint density at radius 2 is 1.72 bits per heavy atom. The molecule has 3 aromatic carbocycles. The Bertz CT molecular complexity index is 1120. The number of ether oxygens (including phenoxy) is 1. The Kier molecular flexibility index (Phi) is 6.65. The molecule has 7 heteroatoms. The van der Waals surface area contributed by atoms with Gasteiger partial charge in [-0.15, -0.1) is 12.4 Å². The standard InChI is InChI=1S/C22H17ClN4O.ClH/c1-28-19-10-8-18(9-11-19)27(26-14-16-5-3-2-4-6-16)22-20-12-7-17(23)13-21(20)24-15-25-22;/h2-15H,1H3;1H. The molecule has 0 N–H and O–H groups in total. The third kappa shape index (κ3) is 4.65. The van der Waals surface area contributed by atoms with Gasteiger partial charge >= 0.3 is 0 Å². The average Bonchev–Trinajstić information content (AvgIpc) is 2.75. The second kappa shape index (κ2) is 9.37. The van der Waals surface area contributed by atoms with Crippen LogP contribution in [-0.4, -0.2) is 23.3 Å². The van der Waals surface area contributed by atoms with Crippen molar-refractivity contribution in [3.8, 4) is 5.75 Å². The van der Waals surface area contributed by atoms with E-state index in [1.54, 1.807) is 18.3 Å². The summed E-state index contributed by atoms with van der Waals surface area (Å²) in [5.74, 6) is 1.44. The first-order valence-electron chi connectivity index (χ1n) is 8.68. The first kappa shape index (κ1) is 20.6. The summed E-state index contributed by atoms with van der Waals surface area (Å²) in [6.07, 6.45) is 3.32. The molecule has 1 aromatic heterocycles. The average molecular weight is 425 g/mol. The number of aromatic nitrogens is 2. The van der Waals surface area contributed by atoms with E-state index in [2.05, 4.69) is 9.97 Å². The Morgan fingerprint density at radius 1 is 0.966 bits per heavy atom. The van der Waals surface area contributed by atoms with Gasteiger partial charge in [-0.1, -0.05) is 41.9 Å². The van der Waals surface area contributed by atoms with Gasteiger partial charge in [0.1, 0.15) is 12.1 Å². The molecule has 0 aliphatic carbocycles. The van der Waals surface area contributed by atoms with Crippen molar-refractivity contribution >= 4 is 52.6 Å². The second-order valence-electron chi connectivity index (χ2n) is 6.02. The molecule has 1 heterocycles. The van der Waals surface area contributed by atoms with E-state index in [9.17, 15) is 0 Å². The summed E-state index contributed by atoms with van der Waals surface area (Å²) < 4.78 is 5.27. The summed E-state index contributed by atoms with van der Waals surface area (Å²) in [6.45, 7) is 0. The van der Waals surface area contributed by atoms with E-state index < -0.39 is 0 Å². The SMILES string of the molecule is COc1ccc(N(N=Cc2ccccc2)c2ncnc3cc(Cl)ccc23)cc1.Cl. The molecule has 0 bridgehead atoms. The van der Waals surface area contributed by atoms with Gasteiger partial charge < -0.3 is 4.74 Å². The predicted octanol–water partition coefficient (Wildman–Crippen LogP) is 5.89. The van der Waals surface area contributed by atoms with Gasteiger partial charge in [-0.05, 0) is 48.0 Å². The number of hydrogen-bond donors (Lipinski definition) is 0. The molecule has 4 aromatic rings. The number of halogens is 2. The lowest BCUT2D eigenvalue weighted by Gasteiger charge is -2.20. The van der Waals surface area contributed by atoms with Crippen LogP contribution in [0.3, 0.4) is 0 Å². The Balaban J connectivity index is 0.00000240. The number of fused-ring (bicyclic) bond motifs is 1. The third-order valence-electron chi connectivity index (χ3n) is 4.22. The van der Waals surface area contributed by atoms with Crippen molar-refractivity contribution in [1.82, 2.24) is 9.97 Å². The van der Waals surface area contributed by atoms with Gasteiger partial charge in [-0.3, -0.25) is 0 Å². The van der Waals surface area contributed by atoms with Crippen LogP contribution in [0.5, 0.6) is 5.75 Å². The molecule has 5 nitrogen and oxygen atoms in total. The van der Waals surface area contributed by atoms with E-state index in [1.807, 2.05) is 72.8 Å². The highest BCUT2D eigenvalue weighted by Gasteiger charge is 2.14. The van der Waals surface area contributed by atoms with Crippen molar-refractivity contribution in [2.45, 2.75) is 0 Å². The molecule has 0 saturated heterocycles. The molecular weight excluding hydrogens is 407 g/mol. The van der Waals surface area contributed by atoms with E-state index in [4.69, 9.17) is 21.4 Å². The largest absolute Gasteiger partial charge is 0.497 e. The van der Waals surface area contributed by atoms with E-state index in [1.165, 1.54) is 6.33 Å². The predicted molar refractivity (Wildman–Crippen MR) is 121 cm³/mol. The van der Waals surface area contributed by atoms with E-state index in [0.29, 0.717) is 10.8 Å². The lowest BCUT2D eigenvalue weighted by atomic mass is 10.2. The Hall–Kier alpha value is -3.15. The zero-order chi connectivity index (χ0) is 19.3. The molecule has 0 aliphatic heterocycles. The number of methoxy groups -OCH3 is 1. The van der Waals surface area contributed by atoms with Crippen molar-refractivity contribution in [2.24, 2.45) is 5.10 Å². The fourth-order valence-corrected chi connectivity index (χ4v) is 2.98. The van der Waals surface area contributed by atoms with Crippen LogP contribution in [0.2, 0.25) is 5.02 Å². The van der Waals surface area contributed by atoms with Gasteiger partial charge in [-0.2, -0.15) is 5.10 Å². The van der Waals surface area contributed by atoms with Crippen LogP contribution in [0, 0.1) is 0 Å². The summed E-state index contributed by atoms with van der Waals surface area (Å²) in [5.41, 5.74) is 2.59. The molecular formula is C22H18Cl2N4O. The van der Waals surface area contributed by atoms with Crippen LogP contribution in [-0.2, 0) is 0 Å². The van der Waals surface area contributed by atoms with Gasteiger partial charge in [-0.25, -0.2) is 15.0 Å². The molecule has 0 aliphatic rings. The van der Waals surface area contributed by atoms with Crippen LogP contribution >= 0.6 is 24.0 Å². The van der Waals surface area contributed by atoms with Crippen molar-refractivity contribution < 1.29 is 4.74 Å². The lowest BCUT2D eigenvalue weighted by Crippen LogP contribution is -2.12. The molecule has 0 unspecified atom stereocenters. The number of nitrogens with zero attached hydrogens (tertiary/aromatic N) is 4. The molecule has 0 spiro atoms. The monoisotopic (exact) mass is 424 g/mol. The van der Waals surface area contributed by atoms with Crippen LogP contribution in [0.4, 0.5) is 11.5 Å². The quantitative estimate of drug-likeness (QED) is 0.296. The van der Waals surface area contributed by atoms with E-state index >= 15 is 0 Å². The maximum absolute atomic E-state index is 6.12. The van der Waals surface area contributed by atoms with Gasteiger partial charge in [0, 0.05) is 10.4 Å². The van der Waals surface area contributed by atoms with Crippen molar-refractivity contribution in [2.75, 3.05) is 12.1 Å². The third-order valence-corrected chi connectivity index (χ3v) is 4.45. The smallest absolute Gasteiger partial charge is 0.165 e. The van der Waals surface area contributed by atoms with Crippen molar-refractivity contribution in [3.63, 3.8) is 0 Å². The molecule has 0 atom stereocenters. The van der Waals surface area contributed by atoms with Crippen molar-refractivity contribution in [1.29, 1.82) is 0 Å². The molecule has 29 heavy (non-hydrogen) atoms. The number of rotatable bonds is 5. The lowest BCUT2D eigenvalue weighted by molar-refractivity contribution is 0.415. The summed E-state index contributed by atoms with van der Waals surface area (Å²) in [4.78, 5) is 8.83. The maximum Gasteiger partial charge on any atom is 0.165 e. The summed E-state index contributed by atoms with van der Waals surface area (Å²) >= 11 is 6.12. The van der Waals surface area contributed by atoms with Crippen LogP contribution in [0.25, 0.3) is 10.9 Å². The van der Waals surface area contributed by atoms with Gasteiger partial charge in [0.15, 0.2) is 5.82 Å². The fourth-order valence-electron chi connectivity index (χ4n) is 2.82. The number of benzene rings is 3. The van der Waals surface area contributed by atoms with Gasteiger partial charge in [0.2, 0.25) is 0 Å². The maximum atomic E-state index is 6.12. The van der Waals surface area contributed by atoms with Gasteiger partial charge in [0.05, 0.1) is 24.5 Å². The number of hydrazone groups is 1. The molecule has 0 saturated carbocycles. The van der Waals surface area contributed by atoms with E-state index in [-0.39, 0.29) is 12.4 Å². The highest BCUT2D eigenvalue weighted by molar-refractivity contribution is 6.31. The Labute approximate surface area is 180 Å². The first-order valence-corrected chi connectivity index (χ1v) is 9.06. The topological polar surface area (TPSA) is 50.6 Å². The first-order chi connectivity index (χ1) is 13.7. The second-order valence-corrected chi connectivity index (χ2v) is 6.46. The summed E-state index contributed by atoms with van der Waals surface area (Å²) in [5, 5.41) is 7.97. The highest BCUT2D eigenvalue weighted by Crippen LogP contribution is 2.32. The molecule has 146 valence electrons. The van der Waals surface area contributed by atoms with Crippen molar-refractivity contribution in [3.05, 3.63) is 89.7 Å². The minimum Gasteiger partial charge on any atom is -0.497 e. The molecule has 0 radical (unpaired) electrons. The zero-order valence-corrected chi connectivity index (χ0v) is 17.1. The van der Waals surface area contributed by atoms with Gasteiger partial charge in [0.25, 0.3) is 0 Å². The fraction of sp³-hybridized carbons (Fsp3) is 0.0455. The minimum absolute atomic E-state index is 0.